The molecule has 1 N–H and O–H groups in total. The van der Waals surface area contributed by atoms with Crippen molar-refractivity contribution in [3.63, 3.8) is 0 Å². The summed E-state index contributed by atoms with van der Waals surface area (Å²) in [7, 11) is 0. The van der Waals surface area contributed by atoms with Gasteiger partial charge in [-0.25, -0.2) is 4.79 Å². The average molecular weight is 280 g/mol. The molecule has 2 heterocycles. The first-order valence-corrected chi connectivity index (χ1v) is 6.66. The Kier molecular flexibility index (Phi) is 2.43. The number of benzene rings is 2. The molecular formula is C17H12O4. The van der Waals surface area contributed by atoms with Crippen LogP contribution in [0.25, 0.3) is 5.57 Å². The van der Waals surface area contributed by atoms with E-state index in [1.165, 1.54) is 6.26 Å². The summed E-state index contributed by atoms with van der Waals surface area (Å²) in [6, 6.07) is 16.4. The average Bonchev–Trinajstić information content (AvgIpc) is 3.01. The predicted molar refractivity (Wildman–Crippen MR) is 75.0 cm³/mol. The number of ether oxygens (including phenoxy) is 2. The number of aliphatic hydroxyl groups is 1. The third kappa shape index (κ3) is 1.56. The second-order valence-electron chi connectivity index (χ2n) is 5.06. The minimum Gasteiger partial charge on any atom is -0.453 e. The van der Waals surface area contributed by atoms with Gasteiger partial charge in [0.2, 0.25) is 0 Å². The Bertz CT molecular complexity index is 750. The molecule has 2 unspecified atom stereocenters. The summed E-state index contributed by atoms with van der Waals surface area (Å²) in [5.41, 5.74) is 2.42. The van der Waals surface area contributed by atoms with Crippen LogP contribution in [0, 0.1) is 0 Å². The zero-order valence-electron chi connectivity index (χ0n) is 11.0. The van der Waals surface area contributed by atoms with Gasteiger partial charge in [0.25, 0.3) is 0 Å². The molecule has 0 bridgehead atoms. The Morgan fingerprint density at radius 1 is 1.00 bits per heavy atom. The SMILES string of the molecule is O=C1OC2(OC=C(c3ccccc3)C2O)c2ccccc21. The predicted octanol–water partition coefficient (Wildman–Crippen LogP) is 2.44. The van der Waals surface area contributed by atoms with Crippen molar-refractivity contribution in [2.45, 2.75) is 11.9 Å². The van der Waals surface area contributed by atoms with Gasteiger partial charge in [0.05, 0.1) is 17.4 Å². The van der Waals surface area contributed by atoms with Gasteiger partial charge in [0, 0.05) is 5.57 Å². The first-order valence-electron chi connectivity index (χ1n) is 6.66. The van der Waals surface area contributed by atoms with Gasteiger partial charge in [-0.1, -0.05) is 48.5 Å². The number of carbonyl (C=O) groups is 1. The maximum atomic E-state index is 12.0. The summed E-state index contributed by atoms with van der Waals surface area (Å²) in [6.07, 6.45) is 0.405. The molecule has 0 radical (unpaired) electrons. The summed E-state index contributed by atoms with van der Waals surface area (Å²) in [4.78, 5) is 12.0. The molecule has 2 aliphatic rings. The summed E-state index contributed by atoms with van der Waals surface area (Å²) < 4.78 is 11.0. The largest absolute Gasteiger partial charge is 0.453 e. The maximum absolute atomic E-state index is 12.0. The van der Waals surface area contributed by atoms with Crippen LogP contribution in [0.5, 0.6) is 0 Å². The molecule has 2 aromatic carbocycles. The molecule has 0 fully saturated rings. The number of rotatable bonds is 1. The number of carbonyl (C=O) groups excluding carboxylic acids is 1. The molecule has 0 aliphatic carbocycles. The van der Waals surface area contributed by atoms with Crippen LogP contribution in [0.4, 0.5) is 0 Å². The van der Waals surface area contributed by atoms with Crippen molar-refractivity contribution in [2.75, 3.05) is 0 Å². The number of esters is 1. The molecule has 4 nitrogen and oxygen atoms in total. The Morgan fingerprint density at radius 2 is 1.71 bits per heavy atom. The van der Waals surface area contributed by atoms with Crippen LogP contribution in [0.3, 0.4) is 0 Å². The van der Waals surface area contributed by atoms with Gasteiger partial charge in [0.1, 0.15) is 0 Å². The number of fused-ring (bicyclic) bond motifs is 2. The lowest BCUT2D eigenvalue weighted by molar-refractivity contribution is -0.199. The van der Waals surface area contributed by atoms with E-state index in [4.69, 9.17) is 9.47 Å². The second-order valence-corrected chi connectivity index (χ2v) is 5.06. The lowest BCUT2D eigenvalue weighted by Crippen LogP contribution is -2.38. The van der Waals surface area contributed by atoms with Crippen molar-refractivity contribution in [1.82, 2.24) is 0 Å². The Hall–Kier alpha value is -2.59. The molecular weight excluding hydrogens is 268 g/mol. The van der Waals surface area contributed by atoms with Crippen molar-refractivity contribution < 1.29 is 19.4 Å². The zero-order chi connectivity index (χ0) is 14.4. The monoisotopic (exact) mass is 280 g/mol. The smallest absolute Gasteiger partial charge is 0.342 e. The van der Waals surface area contributed by atoms with Crippen molar-refractivity contribution in [2.24, 2.45) is 0 Å². The fraction of sp³-hybridized carbons (Fsp3) is 0.118. The van der Waals surface area contributed by atoms with Gasteiger partial charge in [-0.05, 0) is 11.6 Å². The van der Waals surface area contributed by atoms with Crippen LogP contribution in [0.15, 0.2) is 60.9 Å². The Labute approximate surface area is 121 Å². The Balaban J connectivity index is 1.79. The van der Waals surface area contributed by atoms with Crippen molar-refractivity contribution in [1.29, 1.82) is 0 Å². The van der Waals surface area contributed by atoms with E-state index < -0.39 is 17.9 Å². The molecule has 2 aliphatic heterocycles. The lowest BCUT2D eigenvalue weighted by Gasteiger charge is -2.27. The van der Waals surface area contributed by atoms with Crippen LogP contribution >= 0.6 is 0 Å². The summed E-state index contributed by atoms with van der Waals surface area (Å²) >= 11 is 0. The van der Waals surface area contributed by atoms with E-state index in [1.807, 2.05) is 30.3 Å². The molecule has 0 saturated carbocycles. The lowest BCUT2D eigenvalue weighted by atomic mass is 9.92. The molecule has 0 aromatic heterocycles. The second kappa shape index (κ2) is 4.20. The van der Waals surface area contributed by atoms with Crippen molar-refractivity contribution in [3.8, 4) is 0 Å². The van der Waals surface area contributed by atoms with Crippen LogP contribution in [-0.4, -0.2) is 17.2 Å². The minimum atomic E-state index is -1.46. The van der Waals surface area contributed by atoms with E-state index in [1.54, 1.807) is 24.3 Å². The van der Waals surface area contributed by atoms with Gasteiger partial charge >= 0.3 is 11.8 Å². The molecule has 0 saturated heterocycles. The quantitative estimate of drug-likeness (QED) is 0.815. The molecule has 4 heteroatoms. The fourth-order valence-electron chi connectivity index (χ4n) is 2.84. The van der Waals surface area contributed by atoms with E-state index in [9.17, 15) is 9.90 Å². The molecule has 1 spiro atoms. The molecule has 21 heavy (non-hydrogen) atoms. The fourth-order valence-corrected chi connectivity index (χ4v) is 2.84. The van der Waals surface area contributed by atoms with Gasteiger partial charge in [-0.3, -0.25) is 0 Å². The highest BCUT2D eigenvalue weighted by molar-refractivity contribution is 5.95. The van der Waals surface area contributed by atoms with Crippen LogP contribution < -0.4 is 0 Å². The van der Waals surface area contributed by atoms with E-state index in [-0.39, 0.29) is 0 Å². The molecule has 2 aromatic rings. The normalized spacial score (nSPS) is 26.2. The number of hydrogen-bond donors (Lipinski definition) is 1. The van der Waals surface area contributed by atoms with E-state index in [0.29, 0.717) is 16.7 Å². The van der Waals surface area contributed by atoms with Gasteiger partial charge in [-0.2, -0.15) is 0 Å². The third-order valence-corrected chi connectivity index (χ3v) is 3.89. The van der Waals surface area contributed by atoms with Crippen molar-refractivity contribution >= 4 is 11.5 Å². The maximum Gasteiger partial charge on any atom is 0.342 e. The third-order valence-electron chi connectivity index (χ3n) is 3.89. The van der Waals surface area contributed by atoms with Crippen LogP contribution in [0.2, 0.25) is 0 Å². The molecule has 4 rings (SSSR count). The molecule has 2 atom stereocenters. The summed E-state index contributed by atoms with van der Waals surface area (Å²) in [5.74, 6) is -1.94. The van der Waals surface area contributed by atoms with Gasteiger partial charge in [0.15, 0.2) is 6.10 Å². The zero-order valence-corrected chi connectivity index (χ0v) is 11.0. The van der Waals surface area contributed by atoms with Gasteiger partial charge < -0.3 is 14.6 Å². The highest BCUT2D eigenvalue weighted by atomic mass is 16.7. The van der Waals surface area contributed by atoms with Crippen molar-refractivity contribution in [3.05, 3.63) is 77.5 Å². The van der Waals surface area contributed by atoms with Crippen LogP contribution in [0.1, 0.15) is 21.5 Å². The Morgan fingerprint density at radius 3 is 2.52 bits per heavy atom. The number of aliphatic hydroxyl groups excluding tert-OH is 1. The molecule has 104 valence electrons. The highest BCUT2D eigenvalue weighted by Gasteiger charge is 2.57. The molecule has 0 amide bonds. The first kappa shape index (κ1) is 12.2. The first-order chi connectivity index (χ1) is 10.2. The summed E-state index contributed by atoms with van der Waals surface area (Å²) in [6.45, 7) is 0. The summed E-state index contributed by atoms with van der Waals surface area (Å²) in [5, 5.41) is 10.7. The van der Waals surface area contributed by atoms with Gasteiger partial charge in [-0.15, -0.1) is 0 Å². The van der Waals surface area contributed by atoms with E-state index in [2.05, 4.69) is 0 Å². The van der Waals surface area contributed by atoms with E-state index >= 15 is 0 Å². The standard InChI is InChI=1S/C17H12O4/c18-15-13(11-6-2-1-3-7-11)10-20-17(15)14-9-5-4-8-12(14)16(19)21-17/h1-10,15,18H. The minimum absolute atomic E-state index is 0.430. The number of hydrogen-bond acceptors (Lipinski definition) is 4. The highest BCUT2D eigenvalue weighted by Crippen LogP contribution is 2.48. The topological polar surface area (TPSA) is 55.8 Å². The van der Waals surface area contributed by atoms with E-state index in [0.717, 1.165) is 5.56 Å². The van der Waals surface area contributed by atoms with Crippen LogP contribution in [-0.2, 0) is 15.3 Å².